The molecule has 1 fully saturated rings. The Bertz CT molecular complexity index is 552. The molecule has 0 unspecified atom stereocenters. The van der Waals surface area contributed by atoms with Gasteiger partial charge in [-0.15, -0.1) is 0 Å². The van der Waals surface area contributed by atoms with Crippen LogP contribution < -0.4 is 5.73 Å². The fourth-order valence-corrected chi connectivity index (χ4v) is 2.54. The van der Waals surface area contributed by atoms with E-state index in [9.17, 15) is 0 Å². The largest absolute Gasteiger partial charge is 0.383 e. The molecule has 4 nitrogen and oxygen atoms in total. The molecular weight excluding hydrogens is 200 g/mol. The van der Waals surface area contributed by atoms with Crippen molar-refractivity contribution in [2.45, 2.75) is 39.2 Å². The molecule has 0 saturated heterocycles. The second kappa shape index (κ2) is 3.20. The van der Waals surface area contributed by atoms with Crippen LogP contribution in [0.4, 0.5) is 5.82 Å². The summed E-state index contributed by atoms with van der Waals surface area (Å²) in [6, 6.07) is 0.616. The highest BCUT2D eigenvalue weighted by atomic mass is 15.1. The summed E-state index contributed by atoms with van der Waals surface area (Å²) in [5.74, 6) is 0.601. The summed E-state index contributed by atoms with van der Waals surface area (Å²) in [6.07, 6.45) is 5.40. The van der Waals surface area contributed by atoms with E-state index in [0.717, 1.165) is 11.0 Å². The Kier molecular flexibility index (Phi) is 1.93. The van der Waals surface area contributed by atoms with Gasteiger partial charge in [-0.2, -0.15) is 0 Å². The molecule has 0 spiro atoms. The first-order chi connectivity index (χ1) is 7.70. The van der Waals surface area contributed by atoms with Crippen molar-refractivity contribution in [1.82, 2.24) is 14.5 Å². The standard InChI is InChI=1S/C12H16N4/c1-7-8(2)16(9-4-3-5-9)12-10(7)11(13)14-6-15-12/h6,9H,3-5H2,1-2H3,(H2,13,14,15). The maximum Gasteiger partial charge on any atom is 0.146 e. The van der Waals surface area contributed by atoms with Gasteiger partial charge in [0.2, 0.25) is 0 Å². The predicted molar refractivity (Wildman–Crippen MR) is 64.3 cm³/mol. The van der Waals surface area contributed by atoms with Gasteiger partial charge in [0.25, 0.3) is 0 Å². The third kappa shape index (κ3) is 1.10. The highest BCUT2D eigenvalue weighted by Crippen LogP contribution is 2.38. The normalized spacial score (nSPS) is 16.6. The van der Waals surface area contributed by atoms with Crippen LogP contribution in [0.5, 0.6) is 0 Å². The topological polar surface area (TPSA) is 56.7 Å². The van der Waals surface area contributed by atoms with Crippen LogP contribution in [0.15, 0.2) is 6.33 Å². The molecule has 0 aliphatic heterocycles. The van der Waals surface area contributed by atoms with Crippen LogP contribution in [0.1, 0.15) is 36.6 Å². The maximum atomic E-state index is 5.93. The van der Waals surface area contributed by atoms with E-state index >= 15 is 0 Å². The number of hydrogen-bond donors (Lipinski definition) is 1. The minimum absolute atomic E-state index is 0.601. The van der Waals surface area contributed by atoms with Crippen LogP contribution in [-0.4, -0.2) is 14.5 Å². The number of nitrogen functional groups attached to an aromatic ring is 1. The monoisotopic (exact) mass is 216 g/mol. The van der Waals surface area contributed by atoms with E-state index in [4.69, 9.17) is 5.73 Å². The number of rotatable bonds is 1. The highest BCUT2D eigenvalue weighted by molar-refractivity contribution is 5.90. The molecular formula is C12H16N4. The number of aromatic nitrogens is 3. The molecule has 84 valence electrons. The Hall–Kier alpha value is -1.58. The van der Waals surface area contributed by atoms with E-state index in [1.165, 1.54) is 30.5 Å². The second-order valence-corrected chi connectivity index (χ2v) is 4.62. The first-order valence-corrected chi connectivity index (χ1v) is 5.77. The third-order valence-electron chi connectivity index (χ3n) is 3.80. The van der Waals surface area contributed by atoms with Crippen LogP contribution >= 0.6 is 0 Å². The lowest BCUT2D eigenvalue weighted by Gasteiger charge is -2.29. The number of nitrogens with zero attached hydrogens (tertiary/aromatic N) is 3. The Morgan fingerprint density at radius 1 is 1.31 bits per heavy atom. The Labute approximate surface area is 94.5 Å². The number of nitrogens with two attached hydrogens (primary N) is 1. The van der Waals surface area contributed by atoms with Gasteiger partial charge in [0.15, 0.2) is 0 Å². The van der Waals surface area contributed by atoms with Gasteiger partial charge >= 0.3 is 0 Å². The van der Waals surface area contributed by atoms with Crippen molar-refractivity contribution in [3.8, 4) is 0 Å². The summed E-state index contributed by atoms with van der Waals surface area (Å²) in [5, 5.41) is 1.03. The van der Waals surface area contributed by atoms with Gasteiger partial charge in [0, 0.05) is 11.7 Å². The molecule has 2 aromatic heterocycles. The van der Waals surface area contributed by atoms with Crippen molar-refractivity contribution < 1.29 is 0 Å². The van der Waals surface area contributed by atoms with Gasteiger partial charge in [-0.05, 0) is 38.7 Å². The molecule has 0 aromatic carbocycles. The van der Waals surface area contributed by atoms with Crippen molar-refractivity contribution in [3.63, 3.8) is 0 Å². The SMILES string of the molecule is Cc1c(C)n(C2CCC2)c2ncnc(N)c12. The third-order valence-corrected chi connectivity index (χ3v) is 3.80. The zero-order valence-corrected chi connectivity index (χ0v) is 9.70. The predicted octanol–water partition coefficient (Wildman–Crippen LogP) is 2.36. The van der Waals surface area contributed by atoms with Gasteiger partial charge < -0.3 is 10.3 Å². The molecule has 1 aliphatic rings. The summed E-state index contributed by atoms with van der Waals surface area (Å²) in [4.78, 5) is 8.48. The van der Waals surface area contributed by atoms with E-state index in [2.05, 4.69) is 28.4 Å². The van der Waals surface area contributed by atoms with E-state index in [-0.39, 0.29) is 0 Å². The molecule has 0 amide bonds. The highest BCUT2D eigenvalue weighted by Gasteiger charge is 2.25. The molecule has 0 atom stereocenters. The van der Waals surface area contributed by atoms with Gasteiger partial charge in [0.05, 0.1) is 5.39 Å². The lowest BCUT2D eigenvalue weighted by Crippen LogP contribution is -2.18. The second-order valence-electron chi connectivity index (χ2n) is 4.62. The average Bonchev–Trinajstić information content (AvgIpc) is 2.42. The Balaban J connectivity index is 2.35. The molecule has 2 N–H and O–H groups in total. The molecule has 3 rings (SSSR count). The van der Waals surface area contributed by atoms with Gasteiger partial charge in [0.1, 0.15) is 17.8 Å². The van der Waals surface area contributed by atoms with Crippen LogP contribution in [0.2, 0.25) is 0 Å². The van der Waals surface area contributed by atoms with Crippen molar-refractivity contribution in [2.24, 2.45) is 0 Å². The number of aryl methyl sites for hydroxylation is 1. The van der Waals surface area contributed by atoms with Crippen LogP contribution in [0, 0.1) is 13.8 Å². The maximum absolute atomic E-state index is 5.93. The van der Waals surface area contributed by atoms with E-state index in [1.807, 2.05) is 0 Å². The van der Waals surface area contributed by atoms with Crippen LogP contribution in [-0.2, 0) is 0 Å². The van der Waals surface area contributed by atoms with E-state index < -0.39 is 0 Å². The van der Waals surface area contributed by atoms with E-state index in [1.54, 1.807) is 6.33 Å². The summed E-state index contributed by atoms with van der Waals surface area (Å²) in [5.41, 5.74) is 9.45. The Morgan fingerprint density at radius 2 is 2.06 bits per heavy atom. The van der Waals surface area contributed by atoms with Crippen LogP contribution in [0.25, 0.3) is 11.0 Å². The van der Waals surface area contributed by atoms with Crippen LogP contribution in [0.3, 0.4) is 0 Å². The average molecular weight is 216 g/mol. The first kappa shape index (κ1) is 9.63. The summed E-state index contributed by atoms with van der Waals surface area (Å²) < 4.78 is 2.34. The quantitative estimate of drug-likeness (QED) is 0.796. The first-order valence-electron chi connectivity index (χ1n) is 5.77. The summed E-state index contributed by atoms with van der Waals surface area (Å²) in [7, 11) is 0. The van der Waals surface area contributed by atoms with Gasteiger partial charge in [-0.3, -0.25) is 0 Å². The van der Waals surface area contributed by atoms with E-state index in [0.29, 0.717) is 11.9 Å². The molecule has 1 aliphatic carbocycles. The van der Waals surface area contributed by atoms with Gasteiger partial charge in [-0.1, -0.05) is 0 Å². The van der Waals surface area contributed by atoms with Crippen molar-refractivity contribution >= 4 is 16.9 Å². The molecule has 4 heteroatoms. The molecule has 0 radical (unpaired) electrons. The smallest absolute Gasteiger partial charge is 0.146 e. The molecule has 2 heterocycles. The molecule has 0 bridgehead atoms. The minimum atomic E-state index is 0.601. The fraction of sp³-hybridized carbons (Fsp3) is 0.500. The zero-order valence-electron chi connectivity index (χ0n) is 9.70. The number of fused-ring (bicyclic) bond motifs is 1. The summed E-state index contributed by atoms with van der Waals surface area (Å²) >= 11 is 0. The lowest BCUT2D eigenvalue weighted by molar-refractivity contribution is 0.316. The lowest BCUT2D eigenvalue weighted by atomic mass is 9.93. The van der Waals surface area contributed by atoms with Crippen molar-refractivity contribution in [2.75, 3.05) is 5.73 Å². The van der Waals surface area contributed by atoms with Crippen molar-refractivity contribution in [1.29, 1.82) is 0 Å². The zero-order chi connectivity index (χ0) is 11.3. The summed E-state index contributed by atoms with van der Waals surface area (Å²) in [6.45, 7) is 4.25. The molecule has 1 saturated carbocycles. The van der Waals surface area contributed by atoms with Gasteiger partial charge in [-0.25, -0.2) is 9.97 Å². The number of anilines is 1. The fourth-order valence-electron chi connectivity index (χ4n) is 2.54. The Morgan fingerprint density at radius 3 is 2.69 bits per heavy atom. The van der Waals surface area contributed by atoms with Crippen molar-refractivity contribution in [3.05, 3.63) is 17.6 Å². The number of hydrogen-bond acceptors (Lipinski definition) is 3. The molecule has 2 aromatic rings. The molecule has 16 heavy (non-hydrogen) atoms. The minimum Gasteiger partial charge on any atom is -0.383 e.